The van der Waals surface area contributed by atoms with Gasteiger partial charge in [-0.05, 0) is 26.8 Å². The molecule has 0 aliphatic rings. The van der Waals surface area contributed by atoms with Gasteiger partial charge in [0, 0.05) is 32.3 Å². The molecule has 0 spiro atoms. The first-order valence-corrected chi connectivity index (χ1v) is 5.10. The molecule has 80 valence electrons. The molecule has 0 rings (SSSR count). The lowest BCUT2D eigenvalue weighted by Crippen LogP contribution is -2.41. The van der Waals surface area contributed by atoms with Gasteiger partial charge in [-0.1, -0.05) is 6.92 Å². The molecule has 0 bridgehead atoms. The molecule has 0 saturated carbocycles. The molecular weight excluding hydrogens is 164 g/mol. The van der Waals surface area contributed by atoms with E-state index in [0.29, 0.717) is 6.04 Å². The van der Waals surface area contributed by atoms with Crippen molar-refractivity contribution < 1.29 is 4.74 Å². The second-order valence-corrected chi connectivity index (χ2v) is 3.72. The molecule has 0 heterocycles. The summed E-state index contributed by atoms with van der Waals surface area (Å²) in [5, 5.41) is 0. The van der Waals surface area contributed by atoms with Crippen LogP contribution in [0.1, 0.15) is 27.2 Å². The third-order valence-electron chi connectivity index (χ3n) is 2.30. The van der Waals surface area contributed by atoms with Crippen molar-refractivity contribution in [2.45, 2.75) is 39.3 Å². The van der Waals surface area contributed by atoms with Crippen molar-refractivity contribution in [3.8, 4) is 0 Å². The first-order chi connectivity index (χ1) is 6.11. The molecule has 0 radical (unpaired) electrons. The Hall–Kier alpha value is -0.120. The molecule has 0 aromatic rings. The largest absolute Gasteiger partial charge is 0.385 e. The predicted octanol–water partition coefficient (Wildman–Crippen LogP) is 1.08. The summed E-state index contributed by atoms with van der Waals surface area (Å²) >= 11 is 0. The number of rotatable bonds is 7. The van der Waals surface area contributed by atoms with Gasteiger partial charge < -0.3 is 10.5 Å². The van der Waals surface area contributed by atoms with Gasteiger partial charge >= 0.3 is 0 Å². The van der Waals surface area contributed by atoms with Crippen molar-refractivity contribution in [2.75, 3.05) is 26.8 Å². The Bertz CT molecular complexity index is 117. The minimum Gasteiger partial charge on any atom is -0.385 e. The maximum absolute atomic E-state index is 5.95. The maximum Gasteiger partial charge on any atom is 0.0477 e. The van der Waals surface area contributed by atoms with E-state index >= 15 is 0 Å². The normalized spacial score (nSPS) is 14.1. The summed E-state index contributed by atoms with van der Waals surface area (Å²) in [6.45, 7) is 9.37. The molecule has 0 amide bonds. The van der Waals surface area contributed by atoms with Gasteiger partial charge in [0.25, 0.3) is 0 Å². The summed E-state index contributed by atoms with van der Waals surface area (Å²) in [6, 6.07) is 0.820. The smallest absolute Gasteiger partial charge is 0.0477 e. The average molecular weight is 188 g/mol. The zero-order chi connectivity index (χ0) is 10.3. The van der Waals surface area contributed by atoms with Crippen LogP contribution in [0.3, 0.4) is 0 Å². The molecule has 0 saturated heterocycles. The van der Waals surface area contributed by atoms with Gasteiger partial charge in [-0.3, -0.25) is 4.90 Å². The number of methoxy groups -OCH3 is 1. The predicted molar refractivity (Wildman–Crippen MR) is 56.9 cm³/mol. The van der Waals surface area contributed by atoms with Crippen LogP contribution in [0.2, 0.25) is 0 Å². The van der Waals surface area contributed by atoms with Crippen LogP contribution in [0, 0.1) is 0 Å². The molecule has 0 aromatic heterocycles. The Balaban J connectivity index is 3.66. The minimum atomic E-state index is 0.238. The quantitative estimate of drug-likeness (QED) is 0.650. The van der Waals surface area contributed by atoms with Gasteiger partial charge in [0.15, 0.2) is 0 Å². The van der Waals surface area contributed by atoms with Crippen LogP contribution in [0.5, 0.6) is 0 Å². The number of ether oxygens (including phenoxy) is 1. The summed E-state index contributed by atoms with van der Waals surface area (Å²) in [4.78, 5) is 2.38. The fraction of sp³-hybridized carbons (Fsp3) is 1.00. The summed E-state index contributed by atoms with van der Waals surface area (Å²) in [7, 11) is 1.72. The Morgan fingerprint density at radius 1 is 1.38 bits per heavy atom. The molecule has 1 atom stereocenters. The van der Waals surface area contributed by atoms with Crippen molar-refractivity contribution in [1.29, 1.82) is 0 Å². The van der Waals surface area contributed by atoms with E-state index in [0.717, 1.165) is 26.1 Å². The van der Waals surface area contributed by atoms with Gasteiger partial charge in [0.05, 0.1) is 0 Å². The van der Waals surface area contributed by atoms with Gasteiger partial charge in [-0.15, -0.1) is 0 Å². The Morgan fingerprint density at radius 3 is 2.38 bits per heavy atom. The molecule has 3 heteroatoms. The summed E-state index contributed by atoms with van der Waals surface area (Å²) in [6.07, 6.45) is 0.944. The highest BCUT2D eigenvalue weighted by Gasteiger charge is 2.11. The summed E-state index contributed by atoms with van der Waals surface area (Å²) < 4.78 is 4.99. The van der Waals surface area contributed by atoms with Gasteiger partial charge in [0.2, 0.25) is 0 Å². The number of nitrogens with zero attached hydrogens (tertiary/aromatic N) is 1. The first kappa shape index (κ1) is 12.9. The molecule has 0 aliphatic heterocycles. The van der Waals surface area contributed by atoms with Gasteiger partial charge in [-0.2, -0.15) is 0 Å². The lowest BCUT2D eigenvalue weighted by Gasteiger charge is -2.27. The van der Waals surface area contributed by atoms with E-state index < -0.39 is 0 Å². The highest BCUT2D eigenvalue weighted by atomic mass is 16.5. The topological polar surface area (TPSA) is 38.5 Å². The van der Waals surface area contributed by atoms with Gasteiger partial charge in [0.1, 0.15) is 0 Å². The minimum absolute atomic E-state index is 0.238. The fourth-order valence-electron chi connectivity index (χ4n) is 1.37. The molecule has 3 nitrogen and oxygen atoms in total. The third kappa shape index (κ3) is 6.02. The average Bonchev–Trinajstić information content (AvgIpc) is 2.10. The molecular formula is C10H24N2O. The second-order valence-electron chi connectivity index (χ2n) is 3.72. The fourth-order valence-corrected chi connectivity index (χ4v) is 1.37. The van der Waals surface area contributed by atoms with E-state index in [-0.39, 0.29) is 6.04 Å². The van der Waals surface area contributed by atoms with Crippen molar-refractivity contribution >= 4 is 0 Å². The molecule has 0 fully saturated rings. The SMILES string of the molecule is CCN(CC(N)CCOC)C(C)C. The lowest BCUT2D eigenvalue weighted by molar-refractivity contribution is 0.166. The van der Waals surface area contributed by atoms with E-state index in [2.05, 4.69) is 25.7 Å². The zero-order valence-electron chi connectivity index (χ0n) is 9.42. The van der Waals surface area contributed by atoms with Crippen LogP contribution in [0.15, 0.2) is 0 Å². The molecule has 0 aromatic carbocycles. The molecule has 13 heavy (non-hydrogen) atoms. The zero-order valence-corrected chi connectivity index (χ0v) is 9.42. The summed E-state index contributed by atoms with van der Waals surface area (Å²) in [5.41, 5.74) is 5.95. The Labute approximate surface area is 82.2 Å². The monoisotopic (exact) mass is 188 g/mol. The lowest BCUT2D eigenvalue weighted by atomic mass is 10.2. The molecule has 0 aliphatic carbocycles. The molecule has 2 N–H and O–H groups in total. The van der Waals surface area contributed by atoms with Crippen LogP contribution < -0.4 is 5.73 Å². The van der Waals surface area contributed by atoms with Gasteiger partial charge in [-0.25, -0.2) is 0 Å². The standard InChI is InChI=1S/C10H24N2O/c1-5-12(9(2)3)8-10(11)6-7-13-4/h9-10H,5-8,11H2,1-4H3. The van der Waals surface area contributed by atoms with Crippen molar-refractivity contribution in [1.82, 2.24) is 4.90 Å². The number of hydrogen-bond acceptors (Lipinski definition) is 3. The number of hydrogen-bond donors (Lipinski definition) is 1. The van der Waals surface area contributed by atoms with Crippen molar-refractivity contribution in [3.05, 3.63) is 0 Å². The highest BCUT2D eigenvalue weighted by Crippen LogP contribution is 2.00. The van der Waals surface area contributed by atoms with Crippen LogP contribution >= 0.6 is 0 Å². The number of likely N-dealkylation sites (N-methyl/N-ethyl adjacent to an activating group) is 1. The third-order valence-corrected chi connectivity index (χ3v) is 2.30. The van der Waals surface area contributed by atoms with Crippen LogP contribution in [0.4, 0.5) is 0 Å². The number of nitrogens with two attached hydrogens (primary N) is 1. The Morgan fingerprint density at radius 2 is 2.00 bits per heavy atom. The van der Waals surface area contributed by atoms with E-state index in [1.807, 2.05) is 0 Å². The first-order valence-electron chi connectivity index (χ1n) is 5.10. The van der Waals surface area contributed by atoms with Crippen LogP contribution in [0.25, 0.3) is 0 Å². The van der Waals surface area contributed by atoms with Crippen LogP contribution in [-0.2, 0) is 4.74 Å². The van der Waals surface area contributed by atoms with E-state index in [1.54, 1.807) is 7.11 Å². The van der Waals surface area contributed by atoms with Crippen molar-refractivity contribution in [2.24, 2.45) is 5.73 Å². The summed E-state index contributed by atoms with van der Waals surface area (Å²) in [5.74, 6) is 0. The molecule has 1 unspecified atom stereocenters. The van der Waals surface area contributed by atoms with E-state index in [9.17, 15) is 0 Å². The maximum atomic E-state index is 5.95. The van der Waals surface area contributed by atoms with E-state index in [1.165, 1.54) is 0 Å². The van der Waals surface area contributed by atoms with Crippen molar-refractivity contribution in [3.63, 3.8) is 0 Å². The highest BCUT2D eigenvalue weighted by molar-refractivity contribution is 4.69. The van der Waals surface area contributed by atoms with E-state index in [4.69, 9.17) is 10.5 Å². The second kappa shape index (κ2) is 7.30. The Kier molecular flexibility index (Phi) is 7.23. The van der Waals surface area contributed by atoms with Crippen LogP contribution in [-0.4, -0.2) is 43.8 Å².